The number of carbonyl (C=O) groups excluding carboxylic acids is 2. The van der Waals surface area contributed by atoms with Gasteiger partial charge in [-0.05, 0) is 57.8 Å². The first-order valence-electron chi connectivity index (χ1n) is 24.8. The van der Waals surface area contributed by atoms with Crippen molar-refractivity contribution in [2.24, 2.45) is 0 Å². The molecule has 0 saturated carbocycles. The smallest absolute Gasteiger partial charge is 0.306 e. The minimum atomic E-state index is -1.77. The lowest BCUT2D eigenvalue weighted by atomic mass is 9.98. The highest BCUT2D eigenvalue weighted by molar-refractivity contribution is 5.70. The Morgan fingerprint density at radius 1 is 0.508 bits per heavy atom. The highest BCUT2D eigenvalue weighted by Crippen LogP contribution is 2.26. The summed E-state index contributed by atoms with van der Waals surface area (Å²) >= 11 is 0. The zero-order valence-corrected chi connectivity index (χ0v) is 39.5. The highest BCUT2D eigenvalue weighted by Gasteiger charge is 2.47. The fraction of sp³-hybridized carbons (Fsp3) is 0.800. The first kappa shape index (κ1) is 58.6. The number of unbranched alkanes of at least 4 members (excludes halogenated alkanes) is 17. The van der Waals surface area contributed by atoms with Crippen LogP contribution in [0.5, 0.6) is 0 Å². The first-order chi connectivity index (χ1) is 31.5. The topological polar surface area (TPSA) is 231 Å². The van der Waals surface area contributed by atoms with Gasteiger partial charge in [0.2, 0.25) is 0 Å². The third-order valence-corrected chi connectivity index (χ3v) is 11.6. The largest absolute Gasteiger partial charge is 0.462 e. The van der Waals surface area contributed by atoms with Crippen molar-refractivity contribution in [1.82, 2.24) is 0 Å². The number of hydrogen-bond acceptors (Lipinski definition) is 15. The molecule has 0 aliphatic carbocycles. The van der Waals surface area contributed by atoms with Gasteiger partial charge in [-0.2, -0.15) is 0 Å². The van der Waals surface area contributed by atoms with Crippen LogP contribution in [0.15, 0.2) is 48.6 Å². The van der Waals surface area contributed by atoms with E-state index in [-0.39, 0.29) is 19.4 Å². The third-order valence-electron chi connectivity index (χ3n) is 11.6. The second-order valence-electron chi connectivity index (χ2n) is 17.3. The molecule has 0 bridgehead atoms. The van der Waals surface area contributed by atoms with Gasteiger partial charge >= 0.3 is 11.9 Å². The molecule has 2 fully saturated rings. The molecule has 15 heteroatoms. The summed E-state index contributed by atoms with van der Waals surface area (Å²) in [5, 5.41) is 72.0. The quantitative estimate of drug-likeness (QED) is 0.0157. The third kappa shape index (κ3) is 26.0. The maximum Gasteiger partial charge on any atom is 0.306 e. The van der Waals surface area contributed by atoms with Crippen molar-refractivity contribution in [3.8, 4) is 0 Å². The molecular weight excluding hydrogens is 841 g/mol. The number of ether oxygens (including phenoxy) is 6. The normalized spacial score (nSPS) is 26.8. The number of allylic oxidation sites excluding steroid dienone is 8. The Hall–Kier alpha value is -2.54. The minimum absolute atomic E-state index is 0.139. The molecule has 0 radical (unpaired) electrons. The van der Waals surface area contributed by atoms with E-state index in [0.717, 1.165) is 77.0 Å². The average Bonchev–Trinajstić information content (AvgIpc) is 3.30. The molecule has 0 spiro atoms. The van der Waals surface area contributed by atoms with Crippen molar-refractivity contribution in [1.29, 1.82) is 0 Å². The van der Waals surface area contributed by atoms with E-state index in [1.54, 1.807) is 0 Å². The fourth-order valence-corrected chi connectivity index (χ4v) is 7.50. The van der Waals surface area contributed by atoms with Gasteiger partial charge in [-0.3, -0.25) is 9.59 Å². The molecule has 11 atom stereocenters. The Labute approximate surface area is 388 Å². The van der Waals surface area contributed by atoms with Gasteiger partial charge in [-0.25, -0.2) is 0 Å². The van der Waals surface area contributed by atoms with Gasteiger partial charge in [0.25, 0.3) is 0 Å². The molecule has 2 aliphatic heterocycles. The summed E-state index contributed by atoms with van der Waals surface area (Å²) in [6.07, 6.45) is 22.9. The van der Waals surface area contributed by atoms with Crippen molar-refractivity contribution in [2.45, 2.75) is 229 Å². The second-order valence-corrected chi connectivity index (χ2v) is 17.3. The molecule has 376 valence electrons. The van der Waals surface area contributed by atoms with E-state index >= 15 is 0 Å². The number of carbonyl (C=O) groups is 2. The standard InChI is InChI=1S/C50H86O15/c1-3-5-7-9-11-13-15-17-18-19-21-22-24-26-28-30-32-41(52)60-35-38(63-42(53)33-31-29-27-25-23-20-16-14-12-10-8-6-4-2)36-61-49-48(59)46(57)44(55)40(65-49)37-62-50-47(58)45(56)43(54)39(34-51)64-50/h6,8,10,12,14,16,18-19,38-40,43-51,54-59H,3-5,7,9,11,13,15,17,20-37H2,1-2H3/b8-6+,12-10+,16-14+,19-18+/t38?,39-,40-,43+,44+,45?,46?,47?,48?,49-,50-/m1/s1. The van der Waals surface area contributed by atoms with Crippen molar-refractivity contribution in [2.75, 3.05) is 26.4 Å². The van der Waals surface area contributed by atoms with Gasteiger partial charge in [-0.1, -0.05) is 140 Å². The predicted octanol–water partition coefficient (Wildman–Crippen LogP) is 6.32. The summed E-state index contributed by atoms with van der Waals surface area (Å²) in [4.78, 5) is 25.7. The van der Waals surface area contributed by atoms with Crippen LogP contribution in [0.1, 0.15) is 162 Å². The zero-order chi connectivity index (χ0) is 47.5. The molecule has 2 saturated heterocycles. The summed E-state index contributed by atoms with van der Waals surface area (Å²) in [6.45, 7) is 2.41. The molecular formula is C50H86O15. The molecule has 2 heterocycles. The average molecular weight is 927 g/mol. The lowest BCUT2D eigenvalue weighted by molar-refractivity contribution is -0.332. The van der Waals surface area contributed by atoms with Crippen LogP contribution in [-0.2, 0) is 38.0 Å². The van der Waals surface area contributed by atoms with Crippen molar-refractivity contribution < 1.29 is 73.8 Å². The molecule has 5 unspecified atom stereocenters. The minimum Gasteiger partial charge on any atom is -0.462 e. The van der Waals surface area contributed by atoms with E-state index in [1.807, 2.05) is 24.3 Å². The van der Waals surface area contributed by atoms with Crippen molar-refractivity contribution in [3.05, 3.63) is 48.6 Å². The van der Waals surface area contributed by atoms with Gasteiger partial charge in [0.15, 0.2) is 18.7 Å². The lowest BCUT2D eigenvalue weighted by Crippen LogP contribution is -2.61. The number of hydrogen-bond donors (Lipinski definition) is 7. The maximum atomic E-state index is 13.0. The van der Waals surface area contributed by atoms with E-state index < -0.39 is 99.3 Å². The Balaban J connectivity index is 1.83. The molecule has 0 aromatic heterocycles. The number of esters is 2. The maximum absolute atomic E-state index is 13.0. The molecule has 0 amide bonds. The molecule has 2 aliphatic rings. The Kier molecular flexibility index (Phi) is 33.7. The lowest BCUT2D eigenvalue weighted by Gasteiger charge is -2.42. The van der Waals surface area contributed by atoms with Gasteiger partial charge in [0, 0.05) is 12.8 Å². The molecule has 15 nitrogen and oxygen atoms in total. The summed E-state index contributed by atoms with van der Waals surface area (Å²) in [6, 6.07) is 0. The number of rotatable bonds is 37. The monoisotopic (exact) mass is 927 g/mol. The van der Waals surface area contributed by atoms with E-state index in [1.165, 1.54) is 44.9 Å². The highest BCUT2D eigenvalue weighted by atomic mass is 16.7. The van der Waals surface area contributed by atoms with Crippen LogP contribution in [0.4, 0.5) is 0 Å². The van der Waals surface area contributed by atoms with Gasteiger partial charge in [-0.15, -0.1) is 0 Å². The molecule has 2 rings (SSSR count). The van der Waals surface area contributed by atoms with Crippen LogP contribution in [0, 0.1) is 0 Å². The van der Waals surface area contributed by atoms with E-state index in [9.17, 15) is 45.3 Å². The summed E-state index contributed by atoms with van der Waals surface area (Å²) in [5.74, 6) is -0.961. The zero-order valence-electron chi connectivity index (χ0n) is 39.5. The van der Waals surface area contributed by atoms with Crippen molar-refractivity contribution >= 4 is 11.9 Å². The number of aliphatic hydroxyl groups is 7. The van der Waals surface area contributed by atoms with Gasteiger partial charge < -0.3 is 64.2 Å². The van der Waals surface area contributed by atoms with Crippen LogP contribution in [0.25, 0.3) is 0 Å². The van der Waals surface area contributed by atoms with E-state index in [4.69, 9.17) is 28.4 Å². The van der Waals surface area contributed by atoms with Crippen LogP contribution in [0.2, 0.25) is 0 Å². The Morgan fingerprint density at radius 2 is 0.985 bits per heavy atom. The molecule has 7 N–H and O–H groups in total. The summed E-state index contributed by atoms with van der Waals surface area (Å²) < 4.78 is 33.5. The van der Waals surface area contributed by atoms with E-state index in [0.29, 0.717) is 12.8 Å². The summed E-state index contributed by atoms with van der Waals surface area (Å²) in [7, 11) is 0. The SMILES string of the molecule is CC/C=C/C=C/C=C/CCCCCCCC(=O)OC(COC(=O)CCCCCCC/C=C/CCCCCCCCC)CO[C@@H]1O[C@H](CO[C@@H]2O[C@H](CO)[C@H](O)C(O)C2O)[C@H](O)C(O)C1O. The van der Waals surface area contributed by atoms with Crippen LogP contribution in [-0.4, -0.2) is 142 Å². The first-order valence-corrected chi connectivity index (χ1v) is 24.8. The van der Waals surface area contributed by atoms with Crippen LogP contribution < -0.4 is 0 Å². The molecule has 0 aromatic rings. The molecule has 0 aromatic carbocycles. The fourth-order valence-electron chi connectivity index (χ4n) is 7.50. The van der Waals surface area contributed by atoms with Gasteiger partial charge in [0.05, 0.1) is 19.8 Å². The molecule has 65 heavy (non-hydrogen) atoms. The Bertz CT molecular complexity index is 1320. The van der Waals surface area contributed by atoms with Crippen LogP contribution in [0.3, 0.4) is 0 Å². The number of aliphatic hydroxyl groups excluding tert-OH is 7. The van der Waals surface area contributed by atoms with Crippen molar-refractivity contribution in [3.63, 3.8) is 0 Å². The predicted molar refractivity (Wildman–Crippen MR) is 247 cm³/mol. The summed E-state index contributed by atoms with van der Waals surface area (Å²) in [5.41, 5.74) is 0. The van der Waals surface area contributed by atoms with E-state index in [2.05, 4.69) is 38.2 Å². The second kappa shape index (κ2) is 37.4. The van der Waals surface area contributed by atoms with Crippen LogP contribution >= 0.6 is 0 Å². The van der Waals surface area contributed by atoms with Gasteiger partial charge in [0.1, 0.15) is 55.4 Å². The Morgan fingerprint density at radius 3 is 1.55 bits per heavy atom.